The molecule has 0 aromatic heterocycles. The van der Waals surface area contributed by atoms with Gasteiger partial charge in [-0.05, 0) is 30.4 Å². The van der Waals surface area contributed by atoms with Crippen molar-refractivity contribution in [3.05, 3.63) is 71.8 Å². The third kappa shape index (κ3) is 1.82. The standard InChI is InChI=1S/C23H21NO2/c1-15-20(17-9-5-3-6-10-17)23(16(2)25)14-22(15,19(13-24)21(23)26)18-11-7-4-8-12-18/h3-12,15,19-20H,14H2,1-2H3/t15-,19?,20+,22-,23-/m1/s1. The van der Waals surface area contributed by atoms with E-state index in [2.05, 4.69) is 13.0 Å². The monoisotopic (exact) mass is 343 g/mol. The van der Waals surface area contributed by atoms with Crippen LogP contribution in [0.15, 0.2) is 60.7 Å². The van der Waals surface area contributed by atoms with Crippen LogP contribution in [-0.4, -0.2) is 11.6 Å². The molecule has 2 aliphatic rings. The number of nitrogens with zero attached hydrogens (tertiary/aromatic N) is 1. The number of ketones is 2. The first kappa shape index (κ1) is 16.7. The highest BCUT2D eigenvalue weighted by Gasteiger charge is 2.75. The average Bonchev–Trinajstić information content (AvgIpc) is 3.10. The molecule has 2 bridgehead atoms. The van der Waals surface area contributed by atoms with Crippen molar-refractivity contribution in [3.8, 4) is 6.07 Å². The summed E-state index contributed by atoms with van der Waals surface area (Å²) in [5.74, 6) is -1.26. The lowest BCUT2D eigenvalue weighted by atomic mass is 9.57. The van der Waals surface area contributed by atoms with Crippen LogP contribution in [0.2, 0.25) is 0 Å². The zero-order chi connectivity index (χ0) is 18.5. The quantitative estimate of drug-likeness (QED) is 0.790. The molecule has 2 fully saturated rings. The van der Waals surface area contributed by atoms with Gasteiger partial charge in [0.1, 0.15) is 11.7 Å². The highest BCUT2D eigenvalue weighted by Crippen LogP contribution is 2.71. The first-order chi connectivity index (χ1) is 12.5. The Hall–Kier alpha value is -2.73. The molecule has 2 aromatic carbocycles. The van der Waals surface area contributed by atoms with E-state index in [1.807, 2.05) is 60.7 Å². The van der Waals surface area contributed by atoms with Crippen LogP contribution in [0.3, 0.4) is 0 Å². The van der Waals surface area contributed by atoms with Gasteiger partial charge in [0.05, 0.1) is 11.5 Å². The fourth-order valence-electron chi connectivity index (χ4n) is 5.76. The lowest BCUT2D eigenvalue weighted by Gasteiger charge is -2.42. The molecule has 3 heteroatoms. The second kappa shape index (κ2) is 5.64. The fourth-order valence-corrected chi connectivity index (χ4v) is 5.76. The summed E-state index contributed by atoms with van der Waals surface area (Å²) in [6.07, 6.45) is 0.428. The zero-order valence-electron chi connectivity index (χ0n) is 15.0. The number of Topliss-reactive ketones (excluding diaryl/α,β-unsaturated/α-hetero) is 2. The maximum absolute atomic E-state index is 13.4. The van der Waals surface area contributed by atoms with Gasteiger partial charge >= 0.3 is 0 Å². The molecule has 0 aliphatic heterocycles. The third-order valence-corrected chi connectivity index (χ3v) is 6.86. The Morgan fingerprint density at radius 2 is 1.65 bits per heavy atom. The lowest BCUT2D eigenvalue weighted by molar-refractivity contribution is -0.141. The number of benzene rings is 2. The minimum absolute atomic E-state index is 0.0125. The molecule has 0 radical (unpaired) electrons. The van der Waals surface area contributed by atoms with E-state index < -0.39 is 16.7 Å². The molecule has 4 rings (SSSR count). The van der Waals surface area contributed by atoms with Gasteiger partial charge in [-0.3, -0.25) is 9.59 Å². The number of carbonyl (C=O) groups is 2. The van der Waals surface area contributed by atoms with Gasteiger partial charge in [-0.15, -0.1) is 0 Å². The van der Waals surface area contributed by atoms with Gasteiger partial charge in [0.2, 0.25) is 0 Å². The van der Waals surface area contributed by atoms with Gasteiger partial charge < -0.3 is 0 Å². The van der Waals surface area contributed by atoms with Crippen molar-refractivity contribution in [1.82, 2.24) is 0 Å². The van der Waals surface area contributed by atoms with Gasteiger partial charge in [-0.25, -0.2) is 0 Å². The first-order valence-electron chi connectivity index (χ1n) is 9.05. The van der Waals surface area contributed by atoms with Gasteiger partial charge in [-0.2, -0.15) is 5.26 Å². The molecule has 1 unspecified atom stereocenters. The van der Waals surface area contributed by atoms with Crippen LogP contribution in [0.4, 0.5) is 0 Å². The van der Waals surface area contributed by atoms with Crippen LogP contribution in [0.25, 0.3) is 0 Å². The number of carbonyl (C=O) groups excluding carboxylic acids is 2. The van der Waals surface area contributed by atoms with Crippen molar-refractivity contribution in [2.75, 3.05) is 0 Å². The second-order valence-corrected chi connectivity index (χ2v) is 7.71. The Kier molecular flexibility index (Phi) is 3.63. The van der Waals surface area contributed by atoms with Crippen LogP contribution >= 0.6 is 0 Å². The summed E-state index contributed by atoms with van der Waals surface area (Å²) < 4.78 is 0. The molecule has 26 heavy (non-hydrogen) atoms. The third-order valence-electron chi connectivity index (χ3n) is 6.86. The van der Waals surface area contributed by atoms with Crippen LogP contribution in [-0.2, 0) is 15.0 Å². The molecule has 2 aliphatic carbocycles. The van der Waals surface area contributed by atoms with E-state index in [1.165, 1.54) is 6.92 Å². The van der Waals surface area contributed by atoms with E-state index in [0.717, 1.165) is 11.1 Å². The minimum atomic E-state index is -1.10. The van der Waals surface area contributed by atoms with E-state index in [1.54, 1.807) is 0 Å². The van der Waals surface area contributed by atoms with Gasteiger partial charge in [0, 0.05) is 11.3 Å². The Morgan fingerprint density at radius 1 is 1.08 bits per heavy atom. The van der Waals surface area contributed by atoms with E-state index in [0.29, 0.717) is 6.42 Å². The molecule has 2 saturated carbocycles. The molecular formula is C23H21NO2. The molecule has 130 valence electrons. The van der Waals surface area contributed by atoms with E-state index in [9.17, 15) is 14.9 Å². The maximum Gasteiger partial charge on any atom is 0.165 e. The molecule has 0 saturated heterocycles. The number of hydrogen-bond acceptors (Lipinski definition) is 3. The molecule has 5 atom stereocenters. The summed E-state index contributed by atoms with van der Waals surface area (Å²) in [5.41, 5.74) is 0.294. The largest absolute Gasteiger partial charge is 0.299 e. The molecule has 0 spiro atoms. The molecular weight excluding hydrogens is 322 g/mol. The highest BCUT2D eigenvalue weighted by atomic mass is 16.2. The Labute approximate surface area is 153 Å². The Morgan fingerprint density at radius 3 is 2.19 bits per heavy atom. The summed E-state index contributed by atoms with van der Waals surface area (Å²) in [6, 6.07) is 21.9. The van der Waals surface area contributed by atoms with E-state index in [4.69, 9.17) is 0 Å². The summed E-state index contributed by atoms with van der Waals surface area (Å²) >= 11 is 0. The van der Waals surface area contributed by atoms with Crippen LogP contribution < -0.4 is 0 Å². The number of fused-ring (bicyclic) bond motifs is 2. The summed E-state index contributed by atoms with van der Waals surface area (Å²) in [7, 11) is 0. The van der Waals surface area contributed by atoms with E-state index in [-0.39, 0.29) is 23.4 Å². The molecule has 0 N–H and O–H groups in total. The predicted molar refractivity (Wildman–Crippen MR) is 98.3 cm³/mol. The number of nitriles is 1. The van der Waals surface area contributed by atoms with Gasteiger partial charge in [-0.1, -0.05) is 67.6 Å². The zero-order valence-corrected chi connectivity index (χ0v) is 15.0. The molecule has 0 amide bonds. The Balaban J connectivity index is 2.01. The topological polar surface area (TPSA) is 57.9 Å². The summed E-state index contributed by atoms with van der Waals surface area (Å²) in [5, 5.41) is 9.87. The second-order valence-electron chi connectivity index (χ2n) is 7.71. The average molecular weight is 343 g/mol. The lowest BCUT2D eigenvalue weighted by Crippen LogP contribution is -2.48. The normalized spacial score (nSPS) is 35.3. The summed E-state index contributed by atoms with van der Waals surface area (Å²) in [6.45, 7) is 3.62. The van der Waals surface area contributed by atoms with E-state index >= 15 is 0 Å². The van der Waals surface area contributed by atoms with Crippen LogP contribution in [0, 0.1) is 28.6 Å². The van der Waals surface area contributed by atoms with Gasteiger partial charge in [0.25, 0.3) is 0 Å². The van der Waals surface area contributed by atoms with Crippen molar-refractivity contribution in [2.24, 2.45) is 17.3 Å². The van der Waals surface area contributed by atoms with Crippen molar-refractivity contribution in [1.29, 1.82) is 5.26 Å². The van der Waals surface area contributed by atoms with Gasteiger partial charge in [0.15, 0.2) is 5.78 Å². The van der Waals surface area contributed by atoms with Crippen molar-refractivity contribution in [2.45, 2.75) is 31.6 Å². The highest BCUT2D eigenvalue weighted by molar-refractivity contribution is 6.13. The Bertz CT molecular complexity index is 914. The van der Waals surface area contributed by atoms with Crippen LogP contribution in [0.1, 0.15) is 37.3 Å². The maximum atomic E-state index is 13.4. The number of rotatable bonds is 3. The smallest absolute Gasteiger partial charge is 0.165 e. The van der Waals surface area contributed by atoms with Crippen molar-refractivity contribution >= 4 is 11.6 Å². The number of hydrogen-bond donors (Lipinski definition) is 0. The molecule has 3 nitrogen and oxygen atoms in total. The fraction of sp³-hybridized carbons (Fsp3) is 0.348. The molecule has 0 heterocycles. The predicted octanol–water partition coefficient (Wildman–Crippen LogP) is 4.05. The molecule has 2 aromatic rings. The SMILES string of the molecule is CC(=O)[C@@]12C[C@@](c3ccccc3)(C(C#N)C1=O)[C@H](C)[C@H]2c1ccccc1. The minimum Gasteiger partial charge on any atom is -0.299 e. The van der Waals surface area contributed by atoms with Crippen molar-refractivity contribution in [3.63, 3.8) is 0 Å². The van der Waals surface area contributed by atoms with Crippen LogP contribution in [0.5, 0.6) is 0 Å². The van der Waals surface area contributed by atoms with Crippen molar-refractivity contribution < 1.29 is 9.59 Å². The first-order valence-corrected chi connectivity index (χ1v) is 9.05. The summed E-state index contributed by atoms with van der Waals surface area (Å²) in [4.78, 5) is 26.3.